The van der Waals surface area contributed by atoms with E-state index in [1.54, 1.807) is 0 Å². The van der Waals surface area contributed by atoms with Crippen molar-refractivity contribution in [3.05, 3.63) is 11.6 Å². The molecule has 3 saturated carbocycles. The smallest absolute Gasteiger partial charge is 0.302 e. The Balaban J connectivity index is 1.54. The zero-order chi connectivity index (χ0) is 19.4. The Labute approximate surface area is 163 Å². The number of hydrogen-bond acceptors (Lipinski definition) is 4. The van der Waals surface area contributed by atoms with E-state index < -0.39 is 0 Å². The summed E-state index contributed by atoms with van der Waals surface area (Å²) in [6.07, 6.45) is 11.9. The van der Waals surface area contributed by atoms with E-state index in [9.17, 15) is 10.0 Å². The van der Waals surface area contributed by atoms with Crippen LogP contribution >= 0.6 is 0 Å². The first kappa shape index (κ1) is 19.0. The molecule has 0 amide bonds. The molecule has 0 radical (unpaired) electrons. The van der Waals surface area contributed by atoms with E-state index >= 15 is 0 Å². The number of rotatable bonds is 2. The van der Waals surface area contributed by atoms with Gasteiger partial charge >= 0.3 is 5.97 Å². The molecule has 150 valence electrons. The highest BCUT2D eigenvalue weighted by Gasteiger charge is 2.59. The molecule has 0 aromatic carbocycles. The summed E-state index contributed by atoms with van der Waals surface area (Å²) in [4.78, 5) is 11.4. The SMILES string of the molecule is CC(=O)O[C@@H]1CC[C@@]2(C)[C@H](CC[C@@H]3[C@@H]2CC[C@]2(C)C(/C(C)=N\O)=CC[C@@H]32)C1. The molecule has 0 spiro atoms. The van der Waals surface area contributed by atoms with Gasteiger partial charge in [-0.3, -0.25) is 4.79 Å². The third-order valence-corrected chi connectivity index (χ3v) is 9.07. The standard InChI is InChI=1S/C23H35NO3/c1-14(24-26)19-7-8-20-18-6-5-16-13-17(27-15(2)25)9-11-22(16,3)21(18)10-12-23(19,20)4/h7,16-18,20-21,26H,5-6,8-13H2,1-4H3/b24-14-/t16-,17-,18+,20+,21+,22+,23-/m1/s1. The second-order valence-corrected chi connectivity index (χ2v) is 10.2. The van der Waals surface area contributed by atoms with Crippen LogP contribution in [0.5, 0.6) is 0 Å². The summed E-state index contributed by atoms with van der Waals surface area (Å²) in [5.41, 5.74) is 2.67. The molecule has 0 aromatic heterocycles. The van der Waals surface area contributed by atoms with Crippen molar-refractivity contribution in [3.63, 3.8) is 0 Å². The van der Waals surface area contributed by atoms with Gasteiger partial charge in [-0.25, -0.2) is 0 Å². The molecule has 0 saturated heterocycles. The van der Waals surface area contributed by atoms with Gasteiger partial charge in [-0.2, -0.15) is 0 Å². The molecule has 4 aliphatic rings. The topological polar surface area (TPSA) is 58.9 Å². The minimum Gasteiger partial charge on any atom is -0.463 e. The van der Waals surface area contributed by atoms with Gasteiger partial charge in [0.25, 0.3) is 0 Å². The van der Waals surface area contributed by atoms with Gasteiger partial charge in [0.1, 0.15) is 6.10 Å². The van der Waals surface area contributed by atoms with Crippen LogP contribution in [-0.4, -0.2) is 23.0 Å². The molecule has 0 heterocycles. The Morgan fingerprint density at radius 1 is 1.15 bits per heavy atom. The molecule has 4 nitrogen and oxygen atoms in total. The van der Waals surface area contributed by atoms with Crippen molar-refractivity contribution in [2.45, 2.75) is 85.2 Å². The van der Waals surface area contributed by atoms with Gasteiger partial charge in [0, 0.05) is 6.92 Å². The maximum Gasteiger partial charge on any atom is 0.302 e. The lowest BCUT2D eigenvalue weighted by Gasteiger charge is -2.60. The summed E-state index contributed by atoms with van der Waals surface area (Å²) in [6, 6.07) is 0. The molecule has 0 bridgehead atoms. The maximum atomic E-state index is 11.4. The zero-order valence-electron chi connectivity index (χ0n) is 17.3. The molecule has 4 aliphatic carbocycles. The summed E-state index contributed by atoms with van der Waals surface area (Å²) in [5, 5.41) is 12.9. The Morgan fingerprint density at radius 3 is 2.63 bits per heavy atom. The first-order valence-electron chi connectivity index (χ1n) is 10.9. The summed E-state index contributed by atoms with van der Waals surface area (Å²) >= 11 is 0. The maximum absolute atomic E-state index is 11.4. The van der Waals surface area contributed by atoms with Gasteiger partial charge in [-0.1, -0.05) is 25.1 Å². The van der Waals surface area contributed by atoms with Gasteiger partial charge in [-0.15, -0.1) is 0 Å². The van der Waals surface area contributed by atoms with E-state index in [1.165, 1.54) is 44.6 Å². The fourth-order valence-corrected chi connectivity index (χ4v) is 7.74. The predicted octanol–water partition coefficient (Wildman–Crippen LogP) is 5.35. The van der Waals surface area contributed by atoms with Crippen LogP contribution in [0.4, 0.5) is 0 Å². The fourth-order valence-electron chi connectivity index (χ4n) is 7.74. The predicted molar refractivity (Wildman–Crippen MR) is 106 cm³/mol. The van der Waals surface area contributed by atoms with Crippen molar-refractivity contribution >= 4 is 11.7 Å². The molecule has 0 unspecified atom stereocenters. The Bertz CT molecular complexity index is 683. The second kappa shape index (κ2) is 6.63. The molecule has 27 heavy (non-hydrogen) atoms. The molecule has 3 fully saturated rings. The Hall–Kier alpha value is -1.32. The van der Waals surface area contributed by atoms with Crippen molar-refractivity contribution in [2.75, 3.05) is 0 Å². The number of allylic oxidation sites excluding steroid dienone is 2. The highest BCUT2D eigenvalue weighted by molar-refractivity contribution is 5.99. The highest BCUT2D eigenvalue weighted by Crippen LogP contribution is 2.66. The van der Waals surface area contributed by atoms with E-state index in [0.29, 0.717) is 17.3 Å². The van der Waals surface area contributed by atoms with Crippen LogP contribution in [-0.2, 0) is 9.53 Å². The van der Waals surface area contributed by atoms with E-state index in [4.69, 9.17) is 4.74 Å². The molecule has 4 rings (SSSR count). The molecule has 4 heteroatoms. The molecular formula is C23H35NO3. The monoisotopic (exact) mass is 373 g/mol. The minimum atomic E-state index is -0.129. The van der Waals surface area contributed by atoms with Crippen LogP contribution in [0.15, 0.2) is 16.8 Å². The summed E-state index contributed by atoms with van der Waals surface area (Å²) in [5.74, 6) is 2.81. The average molecular weight is 374 g/mol. The molecule has 7 atom stereocenters. The number of oxime groups is 1. The normalized spacial score (nSPS) is 46.7. The van der Waals surface area contributed by atoms with Gasteiger partial charge in [0.05, 0.1) is 5.71 Å². The third-order valence-electron chi connectivity index (χ3n) is 9.07. The van der Waals surface area contributed by atoms with Crippen LogP contribution < -0.4 is 0 Å². The van der Waals surface area contributed by atoms with Gasteiger partial charge < -0.3 is 9.94 Å². The van der Waals surface area contributed by atoms with Crippen molar-refractivity contribution in [3.8, 4) is 0 Å². The number of ether oxygens (including phenoxy) is 1. The average Bonchev–Trinajstić information content (AvgIpc) is 2.98. The van der Waals surface area contributed by atoms with E-state index in [0.717, 1.165) is 36.8 Å². The number of hydrogen-bond donors (Lipinski definition) is 1. The number of carbonyl (C=O) groups is 1. The first-order valence-corrected chi connectivity index (χ1v) is 10.9. The minimum absolute atomic E-state index is 0.129. The first-order chi connectivity index (χ1) is 12.8. The largest absolute Gasteiger partial charge is 0.463 e. The van der Waals surface area contributed by atoms with Crippen LogP contribution in [0.3, 0.4) is 0 Å². The zero-order valence-corrected chi connectivity index (χ0v) is 17.3. The number of carbonyl (C=O) groups excluding carboxylic acids is 1. The molecule has 0 aliphatic heterocycles. The van der Waals surface area contributed by atoms with Crippen molar-refractivity contribution < 1.29 is 14.7 Å². The van der Waals surface area contributed by atoms with Gasteiger partial charge in [0.2, 0.25) is 0 Å². The second-order valence-electron chi connectivity index (χ2n) is 10.2. The van der Waals surface area contributed by atoms with Crippen LogP contribution in [0.1, 0.15) is 79.1 Å². The van der Waals surface area contributed by atoms with Crippen molar-refractivity contribution in [1.82, 2.24) is 0 Å². The Morgan fingerprint density at radius 2 is 1.93 bits per heavy atom. The Kier molecular flexibility index (Phi) is 4.67. The fraction of sp³-hybridized carbons (Fsp3) is 0.826. The van der Waals surface area contributed by atoms with Gasteiger partial charge in [-0.05, 0) is 98.4 Å². The third kappa shape index (κ3) is 2.86. The highest BCUT2D eigenvalue weighted by atomic mass is 16.5. The lowest BCUT2D eigenvalue weighted by Crippen LogP contribution is -2.54. The number of fused-ring (bicyclic) bond motifs is 5. The molecule has 1 N–H and O–H groups in total. The quantitative estimate of drug-likeness (QED) is 0.307. The lowest BCUT2D eigenvalue weighted by atomic mass is 9.44. The number of esters is 1. The van der Waals surface area contributed by atoms with E-state index in [1.807, 2.05) is 6.92 Å². The molecular weight excluding hydrogens is 338 g/mol. The number of nitrogens with zero attached hydrogens (tertiary/aromatic N) is 1. The van der Waals surface area contributed by atoms with Gasteiger partial charge in [0.15, 0.2) is 0 Å². The summed E-state index contributed by atoms with van der Waals surface area (Å²) in [7, 11) is 0. The van der Waals surface area contributed by atoms with E-state index in [2.05, 4.69) is 25.1 Å². The molecule has 0 aromatic rings. The van der Waals surface area contributed by atoms with Crippen LogP contribution in [0.2, 0.25) is 0 Å². The summed E-state index contributed by atoms with van der Waals surface area (Å²) < 4.78 is 5.58. The van der Waals surface area contributed by atoms with E-state index in [-0.39, 0.29) is 17.5 Å². The van der Waals surface area contributed by atoms with Crippen LogP contribution in [0, 0.1) is 34.5 Å². The summed E-state index contributed by atoms with van der Waals surface area (Å²) in [6.45, 7) is 8.42. The van der Waals surface area contributed by atoms with Crippen LogP contribution in [0.25, 0.3) is 0 Å². The lowest BCUT2D eigenvalue weighted by molar-refractivity contribution is -0.158. The van der Waals surface area contributed by atoms with Crippen molar-refractivity contribution in [1.29, 1.82) is 0 Å². The van der Waals surface area contributed by atoms with Crippen molar-refractivity contribution in [2.24, 2.45) is 39.7 Å².